The normalized spacial score (nSPS) is 52.1. The van der Waals surface area contributed by atoms with E-state index in [-0.39, 0.29) is 30.6 Å². The average molecular weight is 211 g/mol. The van der Waals surface area contributed by atoms with Crippen LogP contribution in [0.15, 0.2) is 0 Å². The summed E-state index contributed by atoms with van der Waals surface area (Å²) in [6.07, 6.45) is 1.02. The molecule has 2 N–H and O–H groups in total. The first-order valence-electron chi connectivity index (χ1n) is 5.19. The van der Waals surface area contributed by atoms with E-state index in [1.807, 2.05) is 0 Å². The highest BCUT2D eigenvalue weighted by Gasteiger charge is 2.76. The van der Waals surface area contributed by atoms with E-state index in [1.54, 1.807) is 6.92 Å². The Labute approximate surface area is 86.8 Å². The predicted molar refractivity (Wildman–Crippen MR) is 48.7 cm³/mol. The fourth-order valence-electron chi connectivity index (χ4n) is 3.46. The molecular weight excluding hydrogens is 198 g/mol. The number of aliphatic hydroxyl groups is 1. The zero-order valence-corrected chi connectivity index (χ0v) is 8.45. The summed E-state index contributed by atoms with van der Waals surface area (Å²) in [6, 6.07) is 0. The van der Waals surface area contributed by atoms with Gasteiger partial charge in [-0.15, -0.1) is 0 Å². The molecule has 5 nitrogen and oxygen atoms in total. The molecule has 2 amide bonds. The molecule has 5 heteroatoms. The summed E-state index contributed by atoms with van der Waals surface area (Å²) >= 11 is 0. The summed E-state index contributed by atoms with van der Waals surface area (Å²) in [7, 11) is 0. The van der Waals surface area contributed by atoms with Crippen molar-refractivity contribution in [2.24, 2.45) is 10.8 Å². The van der Waals surface area contributed by atoms with Gasteiger partial charge in [0.1, 0.15) is 5.41 Å². The quantitative estimate of drug-likeness (QED) is 0.556. The second-order valence-corrected chi connectivity index (χ2v) is 4.81. The van der Waals surface area contributed by atoms with Gasteiger partial charge in [0.15, 0.2) is 0 Å². The third-order valence-electron chi connectivity index (χ3n) is 4.49. The van der Waals surface area contributed by atoms with E-state index >= 15 is 0 Å². The number of aliphatic hydroxyl groups excluding tert-OH is 1. The number of carbonyl (C=O) groups is 2. The molecule has 0 unspecified atom stereocenters. The van der Waals surface area contributed by atoms with E-state index < -0.39 is 10.8 Å². The lowest BCUT2D eigenvalue weighted by Crippen LogP contribution is -2.53. The summed E-state index contributed by atoms with van der Waals surface area (Å²) < 4.78 is 5.64. The maximum atomic E-state index is 11.8. The molecule has 0 aliphatic carbocycles. The van der Waals surface area contributed by atoms with Gasteiger partial charge in [0.2, 0.25) is 11.8 Å². The number of carbonyl (C=O) groups excluding carboxylic acids is 2. The lowest BCUT2D eigenvalue weighted by molar-refractivity contribution is -0.138. The number of hydrogen-bond acceptors (Lipinski definition) is 4. The monoisotopic (exact) mass is 211 g/mol. The molecule has 3 rings (SSSR count). The first kappa shape index (κ1) is 9.30. The first-order valence-corrected chi connectivity index (χ1v) is 5.19. The largest absolute Gasteiger partial charge is 0.395 e. The van der Waals surface area contributed by atoms with Crippen molar-refractivity contribution in [2.45, 2.75) is 32.0 Å². The van der Waals surface area contributed by atoms with Crippen LogP contribution in [0.2, 0.25) is 0 Å². The van der Waals surface area contributed by atoms with Crippen molar-refractivity contribution >= 4 is 11.8 Å². The second kappa shape index (κ2) is 2.41. The molecule has 2 bridgehead atoms. The minimum atomic E-state index is -1.03. The van der Waals surface area contributed by atoms with E-state index in [9.17, 15) is 14.7 Å². The Hall–Kier alpha value is -0.940. The maximum Gasteiger partial charge on any atom is 0.238 e. The van der Waals surface area contributed by atoms with Crippen LogP contribution in [-0.4, -0.2) is 35.7 Å². The van der Waals surface area contributed by atoms with E-state index in [2.05, 4.69) is 5.32 Å². The van der Waals surface area contributed by atoms with Crippen LogP contribution < -0.4 is 5.32 Å². The predicted octanol–water partition coefficient (Wildman–Crippen LogP) is -0.811. The van der Waals surface area contributed by atoms with Crippen LogP contribution in [0, 0.1) is 10.8 Å². The van der Waals surface area contributed by atoms with Crippen molar-refractivity contribution in [1.29, 1.82) is 0 Å². The van der Waals surface area contributed by atoms with E-state index in [0.717, 1.165) is 12.8 Å². The molecule has 0 aromatic carbocycles. The third-order valence-corrected chi connectivity index (χ3v) is 4.49. The molecule has 0 aromatic heterocycles. The number of fused-ring (bicyclic) bond motifs is 5. The third kappa shape index (κ3) is 0.692. The lowest BCUT2D eigenvalue weighted by Gasteiger charge is -2.37. The smallest absolute Gasteiger partial charge is 0.238 e. The van der Waals surface area contributed by atoms with Crippen LogP contribution in [0.25, 0.3) is 0 Å². The highest BCUT2D eigenvalue weighted by molar-refractivity contribution is 6.11. The lowest BCUT2D eigenvalue weighted by atomic mass is 9.58. The van der Waals surface area contributed by atoms with Gasteiger partial charge in [0.25, 0.3) is 0 Å². The molecular formula is C10H13NO4. The van der Waals surface area contributed by atoms with Crippen LogP contribution in [0.5, 0.6) is 0 Å². The first-order chi connectivity index (χ1) is 7.07. The van der Waals surface area contributed by atoms with Crippen molar-refractivity contribution in [2.75, 3.05) is 6.61 Å². The fourth-order valence-corrected chi connectivity index (χ4v) is 3.46. The molecule has 15 heavy (non-hydrogen) atoms. The molecule has 0 radical (unpaired) electrons. The molecule has 3 heterocycles. The van der Waals surface area contributed by atoms with Gasteiger partial charge in [-0.05, 0) is 19.8 Å². The van der Waals surface area contributed by atoms with Gasteiger partial charge in [-0.1, -0.05) is 0 Å². The molecule has 3 aliphatic heterocycles. The van der Waals surface area contributed by atoms with Crippen LogP contribution in [0.3, 0.4) is 0 Å². The second-order valence-electron chi connectivity index (χ2n) is 4.81. The molecule has 4 atom stereocenters. The van der Waals surface area contributed by atoms with Gasteiger partial charge >= 0.3 is 0 Å². The average Bonchev–Trinajstić information content (AvgIpc) is 2.80. The van der Waals surface area contributed by atoms with Crippen molar-refractivity contribution in [3.8, 4) is 0 Å². The topological polar surface area (TPSA) is 75.6 Å². The van der Waals surface area contributed by atoms with Crippen molar-refractivity contribution in [1.82, 2.24) is 5.32 Å². The summed E-state index contributed by atoms with van der Waals surface area (Å²) in [5.74, 6) is -0.668. The SMILES string of the molecule is C[C@]12C(=O)NC(=O)[C@@]1(CO)[C@@H]1CC[C@H]2O1. The van der Waals surface area contributed by atoms with Crippen LogP contribution in [0.4, 0.5) is 0 Å². The van der Waals surface area contributed by atoms with Gasteiger partial charge in [-0.2, -0.15) is 0 Å². The minimum Gasteiger partial charge on any atom is -0.395 e. The van der Waals surface area contributed by atoms with Crippen LogP contribution in [0.1, 0.15) is 19.8 Å². The van der Waals surface area contributed by atoms with Crippen LogP contribution >= 0.6 is 0 Å². The van der Waals surface area contributed by atoms with Crippen LogP contribution in [-0.2, 0) is 14.3 Å². The van der Waals surface area contributed by atoms with E-state index in [4.69, 9.17) is 4.74 Å². The molecule has 3 aliphatic rings. The molecule has 82 valence electrons. The molecule has 3 fully saturated rings. The van der Waals surface area contributed by atoms with Crippen molar-refractivity contribution < 1.29 is 19.4 Å². The summed E-state index contributed by atoms with van der Waals surface area (Å²) in [5, 5.41) is 11.8. The Morgan fingerprint density at radius 2 is 2.07 bits per heavy atom. The number of ether oxygens (including phenoxy) is 1. The van der Waals surface area contributed by atoms with E-state index in [0.29, 0.717) is 0 Å². The molecule has 0 aromatic rings. The Balaban J connectivity index is 2.21. The number of rotatable bonds is 1. The number of hydrogen-bond donors (Lipinski definition) is 2. The molecule has 3 saturated heterocycles. The number of imide groups is 1. The molecule has 0 spiro atoms. The Morgan fingerprint density at radius 1 is 1.40 bits per heavy atom. The van der Waals surface area contributed by atoms with E-state index in [1.165, 1.54) is 0 Å². The molecule has 0 saturated carbocycles. The van der Waals surface area contributed by atoms with Gasteiger partial charge in [0, 0.05) is 0 Å². The zero-order chi connectivity index (χ0) is 10.8. The summed E-state index contributed by atoms with van der Waals surface area (Å²) in [4.78, 5) is 23.7. The van der Waals surface area contributed by atoms with Gasteiger partial charge < -0.3 is 9.84 Å². The number of amides is 2. The summed E-state index contributed by atoms with van der Waals surface area (Å²) in [5.41, 5.74) is -1.91. The van der Waals surface area contributed by atoms with Gasteiger partial charge in [-0.3, -0.25) is 14.9 Å². The fraction of sp³-hybridized carbons (Fsp3) is 0.800. The van der Waals surface area contributed by atoms with Crippen molar-refractivity contribution in [3.05, 3.63) is 0 Å². The highest BCUT2D eigenvalue weighted by atomic mass is 16.5. The van der Waals surface area contributed by atoms with Crippen molar-refractivity contribution in [3.63, 3.8) is 0 Å². The Bertz CT molecular complexity index is 368. The maximum absolute atomic E-state index is 11.8. The minimum absolute atomic E-state index is 0.221. The summed E-state index contributed by atoms with van der Waals surface area (Å²) in [6.45, 7) is 1.41. The Kier molecular flexibility index (Phi) is 1.50. The highest BCUT2D eigenvalue weighted by Crippen LogP contribution is 2.61. The standard InChI is InChI=1S/C10H13NO4/c1-9-5-2-3-6(15-5)10(9,4-12)8(14)11-7(9)13/h5-6,12H,2-4H2,1H3,(H,11,13,14)/t5-,6+,9+,10-/m1/s1. The number of nitrogens with one attached hydrogen (secondary N) is 1. The van der Waals surface area contributed by atoms with Gasteiger partial charge in [0.05, 0.1) is 24.2 Å². The van der Waals surface area contributed by atoms with Gasteiger partial charge in [-0.25, -0.2) is 0 Å². The zero-order valence-electron chi connectivity index (χ0n) is 8.45. The Morgan fingerprint density at radius 3 is 2.67 bits per heavy atom.